The zero-order valence-electron chi connectivity index (χ0n) is 32.9. The lowest BCUT2D eigenvalue weighted by atomic mass is 9.98. The van der Waals surface area contributed by atoms with Crippen molar-refractivity contribution in [1.82, 2.24) is 23.5 Å². The van der Waals surface area contributed by atoms with Crippen molar-refractivity contribution in [2.45, 2.75) is 0 Å². The van der Waals surface area contributed by atoms with Crippen LogP contribution in [-0.4, -0.2) is 23.5 Å². The summed E-state index contributed by atoms with van der Waals surface area (Å²) in [6, 6.07) is 71.9. The van der Waals surface area contributed by atoms with E-state index < -0.39 is 0 Å². The minimum Gasteiger partial charge on any atom is -0.309 e. The molecule has 0 aliphatic carbocycles. The van der Waals surface area contributed by atoms with Crippen molar-refractivity contribution in [3.05, 3.63) is 213 Å². The van der Waals surface area contributed by atoms with Gasteiger partial charge in [0, 0.05) is 72.6 Å². The van der Waals surface area contributed by atoms with Crippen LogP contribution in [0.3, 0.4) is 0 Å². The van der Waals surface area contributed by atoms with E-state index in [0.29, 0.717) is 0 Å². The molecule has 284 valence electrons. The molecule has 0 fully saturated rings. The van der Waals surface area contributed by atoms with E-state index in [1.807, 2.05) is 6.07 Å². The number of fused-ring (bicyclic) bond motifs is 11. The van der Waals surface area contributed by atoms with Crippen molar-refractivity contribution >= 4 is 70.9 Å². The molecule has 0 bridgehead atoms. The number of rotatable bonds is 5. The highest BCUT2D eigenvalue weighted by Crippen LogP contribution is 2.40. The van der Waals surface area contributed by atoms with Gasteiger partial charge in [-0.15, -0.1) is 0 Å². The first-order valence-corrected chi connectivity index (χ1v) is 20.7. The molecular formula is C56H35N5. The van der Waals surface area contributed by atoms with E-state index >= 15 is 0 Å². The second-order valence-electron chi connectivity index (χ2n) is 15.9. The molecule has 0 saturated heterocycles. The maximum absolute atomic E-state index is 5.32. The average Bonchev–Trinajstić information content (AvgIpc) is 4.02. The Morgan fingerprint density at radius 1 is 0.344 bits per heavy atom. The van der Waals surface area contributed by atoms with E-state index in [0.717, 1.165) is 72.3 Å². The minimum absolute atomic E-state index is 0.923. The lowest BCUT2D eigenvalue weighted by molar-refractivity contribution is 1.13. The molecule has 0 aliphatic rings. The Hall–Kier alpha value is -8.28. The SMILES string of the molecule is c1ccc(-c2cn3ccc4c(-c5ccc(-c6cc(-n7c8ccccc8c8ccccc87)cc(-n7c8ccccc8c8ccccc87)c6)cc5)nc5ccccc5c4c3n2)cc1. The van der Waals surface area contributed by atoms with Crippen LogP contribution < -0.4 is 0 Å². The Kier molecular flexibility index (Phi) is 7.24. The second-order valence-corrected chi connectivity index (χ2v) is 15.9. The number of imidazole rings is 1. The fraction of sp³-hybridized carbons (Fsp3) is 0. The number of nitrogens with zero attached hydrogens (tertiary/aromatic N) is 5. The predicted molar refractivity (Wildman–Crippen MR) is 253 cm³/mol. The van der Waals surface area contributed by atoms with Crippen LogP contribution in [0.25, 0.3) is 116 Å². The molecule has 5 nitrogen and oxygen atoms in total. The van der Waals surface area contributed by atoms with Gasteiger partial charge in [0.1, 0.15) is 5.65 Å². The van der Waals surface area contributed by atoms with Gasteiger partial charge in [0.25, 0.3) is 0 Å². The molecular weight excluding hydrogens is 743 g/mol. The first-order valence-electron chi connectivity index (χ1n) is 20.7. The first kappa shape index (κ1) is 33.7. The van der Waals surface area contributed by atoms with Gasteiger partial charge in [-0.3, -0.25) is 0 Å². The van der Waals surface area contributed by atoms with Gasteiger partial charge in [-0.1, -0.05) is 146 Å². The molecule has 61 heavy (non-hydrogen) atoms. The van der Waals surface area contributed by atoms with Gasteiger partial charge in [-0.2, -0.15) is 0 Å². The lowest BCUT2D eigenvalue weighted by Crippen LogP contribution is -2.00. The highest BCUT2D eigenvalue weighted by atomic mass is 15.0. The van der Waals surface area contributed by atoms with Crippen LogP contribution in [-0.2, 0) is 0 Å². The number of para-hydroxylation sites is 5. The summed E-state index contributed by atoms with van der Waals surface area (Å²) >= 11 is 0. The summed E-state index contributed by atoms with van der Waals surface area (Å²) < 4.78 is 6.98. The highest BCUT2D eigenvalue weighted by molar-refractivity contribution is 6.17. The third-order valence-electron chi connectivity index (χ3n) is 12.4. The molecule has 5 heteroatoms. The van der Waals surface area contributed by atoms with Crippen LogP contribution in [0.2, 0.25) is 0 Å². The highest BCUT2D eigenvalue weighted by Gasteiger charge is 2.19. The Morgan fingerprint density at radius 3 is 1.41 bits per heavy atom. The number of hydrogen-bond donors (Lipinski definition) is 0. The van der Waals surface area contributed by atoms with E-state index in [4.69, 9.17) is 9.97 Å². The van der Waals surface area contributed by atoms with E-state index in [-0.39, 0.29) is 0 Å². The van der Waals surface area contributed by atoms with E-state index in [1.54, 1.807) is 0 Å². The quantitative estimate of drug-likeness (QED) is 0.163. The summed E-state index contributed by atoms with van der Waals surface area (Å²) in [7, 11) is 0. The van der Waals surface area contributed by atoms with Gasteiger partial charge >= 0.3 is 0 Å². The van der Waals surface area contributed by atoms with Crippen molar-refractivity contribution in [1.29, 1.82) is 0 Å². The Balaban J connectivity index is 1.02. The maximum Gasteiger partial charge on any atom is 0.146 e. The first-order chi connectivity index (χ1) is 30.2. The fourth-order valence-corrected chi connectivity index (χ4v) is 9.69. The van der Waals surface area contributed by atoms with Crippen LogP contribution in [0.15, 0.2) is 213 Å². The minimum atomic E-state index is 0.923. The van der Waals surface area contributed by atoms with E-state index in [1.165, 1.54) is 43.6 Å². The van der Waals surface area contributed by atoms with E-state index in [9.17, 15) is 0 Å². The topological polar surface area (TPSA) is 40.0 Å². The zero-order chi connectivity index (χ0) is 40.0. The molecule has 8 aromatic carbocycles. The van der Waals surface area contributed by atoms with Crippen LogP contribution >= 0.6 is 0 Å². The van der Waals surface area contributed by atoms with Crippen LogP contribution in [0.5, 0.6) is 0 Å². The third-order valence-corrected chi connectivity index (χ3v) is 12.4. The molecule has 0 saturated carbocycles. The molecule has 13 rings (SSSR count). The molecule has 0 radical (unpaired) electrons. The largest absolute Gasteiger partial charge is 0.309 e. The number of aromatic nitrogens is 5. The summed E-state index contributed by atoms with van der Waals surface area (Å²) in [6.07, 6.45) is 4.23. The molecule has 0 aliphatic heterocycles. The molecule has 5 aromatic heterocycles. The van der Waals surface area contributed by atoms with Crippen molar-refractivity contribution in [2.75, 3.05) is 0 Å². The van der Waals surface area contributed by atoms with Crippen molar-refractivity contribution < 1.29 is 0 Å². The second kappa shape index (κ2) is 13.1. The van der Waals surface area contributed by atoms with Gasteiger partial charge < -0.3 is 13.5 Å². The molecule has 0 spiro atoms. The molecule has 0 N–H and O–H groups in total. The van der Waals surface area contributed by atoms with Gasteiger partial charge in [0.05, 0.1) is 39.0 Å². The standard InChI is InChI=1S/C56H35N5/c1-2-14-37(15-3-1)49-35-59-31-30-47-54(56(59)58-49)46-20-4-9-21-48(46)57-55(47)38-28-26-36(27-29-38)39-32-40(60-50-22-10-5-16-42(50)43-17-6-11-23-51(43)60)34-41(33-39)61-52-24-12-7-18-44(52)45-19-8-13-25-53(45)61/h1-35H. The molecule has 5 heterocycles. The Labute approximate surface area is 350 Å². The van der Waals surface area contributed by atoms with Gasteiger partial charge in [-0.05, 0) is 65.7 Å². The molecule has 0 atom stereocenters. The Morgan fingerprint density at radius 2 is 0.836 bits per heavy atom. The summed E-state index contributed by atoms with van der Waals surface area (Å²) in [5, 5.41) is 8.23. The normalized spacial score (nSPS) is 11.9. The van der Waals surface area contributed by atoms with Gasteiger partial charge in [0.2, 0.25) is 0 Å². The zero-order valence-corrected chi connectivity index (χ0v) is 32.9. The molecule has 13 aromatic rings. The maximum atomic E-state index is 5.32. The average molecular weight is 778 g/mol. The van der Waals surface area contributed by atoms with Crippen molar-refractivity contribution in [2.24, 2.45) is 0 Å². The fourth-order valence-electron chi connectivity index (χ4n) is 9.69. The van der Waals surface area contributed by atoms with Crippen LogP contribution in [0.4, 0.5) is 0 Å². The summed E-state index contributed by atoms with van der Waals surface area (Å²) in [4.78, 5) is 10.5. The number of pyridine rings is 2. The van der Waals surface area contributed by atoms with Crippen LogP contribution in [0, 0.1) is 0 Å². The van der Waals surface area contributed by atoms with Crippen molar-refractivity contribution in [3.8, 4) is 45.0 Å². The summed E-state index contributed by atoms with van der Waals surface area (Å²) in [5.41, 5.74) is 15.1. The monoisotopic (exact) mass is 777 g/mol. The van der Waals surface area contributed by atoms with Crippen LogP contribution in [0.1, 0.15) is 0 Å². The smallest absolute Gasteiger partial charge is 0.146 e. The summed E-state index contributed by atoms with van der Waals surface area (Å²) in [6.45, 7) is 0. The van der Waals surface area contributed by atoms with Gasteiger partial charge in [0.15, 0.2) is 0 Å². The van der Waals surface area contributed by atoms with Crippen molar-refractivity contribution in [3.63, 3.8) is 0 Å². The summed E-state index contributed by atoms with van der Waals surface area (Å²) in [5.74, 6) is 0. The molecule has 0 amide bonds. The molecule has 0 unspecified atom stereocenters. The van der Waals surface area contributed by atoms with E-state index in [2.05, 4.69) is 220 Å². The lowest BCUT2D eigenvalue weighted by Gasteiger charge is -2.16. The number of hydrogen-bond acceptors (Lipinski definition) is 2. The third kappa shape index (κ3) is 5.14. The predicted octanol–water partition coefficient (Wildman–Crippen LogP) is 14.2. The van der Waals surface area contributed by atoms with Gasteiger partial charge in [-0.25, -0.2) is 9.97 Å². The Bertz CT molecular complexity index is 3630. The number of benzene rings is 8.